The number of halogens is 1. The number of hydrogen-bond donors (Lipinski definition) is 0. The summed E-state index contributed by atoms with van der Waals surface area (Å²) in [6.45, 7) is 3.67. The first kappa shape index (κ1) is 13.7. The van der Waals surface area contributed by atoms with Crippen molar-refractivity contribution in [1.82, 2.24) is 4.57 Å². The van der Waals surface area contributed by atoms with E-state index in [-0.39, 0.29) is 0 Å². The lowest BCUT2D eigenvalue weighted by atomic mass is 10.2. The first-order valence-electron chi connectivity index (χ1n) is 6.06. The highest BCUT2D eigenvalue weighted by Crippen LogP contribution is 2.32. The molecule has 0 saturated carbocycles. The molecule has 0 amide bonds. The van der Waals surface area contributed by atoms with Crippen molar-refractivity contribution < 1.29 is 9.47 Å². The van der Waals surface area contributed by atoms with Crippen LogP contribution in [0.5, 0.6) is 5.75 Å². The summed E-state index contributed by atoms with van der Waals surface area (Å²) in [4.78, 5) is 0. The van der Waals surface area contributed by atoms with Gasteiger partial charge in [-0.25, -0.2) is 0 Å². The van der Waals surface area contributed by atoms with Crippen molar-refractivity contribution in [3.63, 3.8) is 0 Å². The van der Waals surface area contributed by atoms with Crippen LogP contribution in [-0.2, 0) is 11.3 Å². The lowest BCUT2D eigenvalue weighted by Gasteiger charge is -2.07. The standard InChI is InChI=1S/C14H15ClN2O2/c1-3-19-10-4-5-13-11(8-10)12(9-16)14(15)17(13)6-7-18-2/h4-5,8H,3,6-7H2,1-2H3. The van der Waals surface area contributed by atoms with Gasteiger partial charge in [0.25, 0.3) is 0 Å². The fraction of sp³-hybridized carbons (Fsp3) is 0.357. The highest BCUT2D eigenvalue weighted by Gasteiger charge is 2.15. The summed E-state index contributed by atoms with van der Waals surface area (Å²) < 4.78 is 12.4. The molecule has 100 valence electrons. The molecule has 19 heavy (non-hydrogen) atoms. The molecule has 1 aromatic carbocycles. The summed E-state index contributed by atoms with van der Waals surface area (Å²) in [7, 11) is 1.64. The lowest BCUT2D eigenvalue weighted by Crippen LogP contribution is -2.04. The van der Waals surface area contributed by atoms with E-state index >= 15 is 0 Å². The predicted octanol–water partition coefficient (Wildman–Crippen LogP) is 3.21. The molecule has 1 heterocycles. The Morgan fingerprint density at radius 2 is 2.21 bits per heavy atom. The molecule has 0 aliphatic rings. The third-order valence-electron chi connectivity index (χ3n) is 2.91. The summed E-state index contributed by atoms with van der Waals surface area (Å²) in [5.74, 6) is 0.743. The summed E-state index contributed by atoms with van der Waals surface area (Å²) in [5, 5.41) is 10.5. The number of ether oxygens (including phenoxy) is 2. The van der Waals surface area contributed by atoms with E-state index in [9.17, 15) is 5.26 Å². The van der Waals surface area contributed by atoms with Gasteiger partial charge in [-0.15, -0.1) is 0 Å². The molecule has 5 heteroatoms. The number of nitriles is 1. The van der Waals surface area contributed by atoms with Gasteiger partial charge >= 0.3 is 0 Å². The third kappa shape index (κ3) is 2.53. The average molecular weight is 279 g/mol. The van der Waals surface area contributed by atoms with Gasteiger partial charge < -0.3 is 14.0 Å². The Hall–Kier alpha value is -1.70. The molecular formula is C14H15ClN2O2. The minimum Gasteiger partial charge on any atom is -0.494 e. The molecule has 0 radical (unpaired) electrons. The number of rotatable bonds is 5. The molecule has 0 N–H and O–H groups in total. The van der Waals surface area contributed by atoms with Crippen molar-refractivity contribution in [3.8, 4) is 11.8 Å². The van der Waals surface area contributed by atoms with Gasteiger partial charge in [0.1, 0.15) is 17.0 Å². The van der Waals surface area contributed by atoms with Gasteiger partial charge in [0.15, 0.2) is 0 Å². The number of aromatic nitrogens is 1. The Morgan fingerprint density at radius 3 is 2.84 bits per heavy atom. The number of benzene rings is 1. The van der Waals surface area contributed by atoms with Crippen LogP contribution in [0.4, 0.5) is 0 Å². The monoisotopic (exact) mass is 278 g/mol. The Kier molecular flexibility index (Phi) is 4.31. The number of hydrogen-bond acceptors (Lipinski definition) is 3. The van der Waals surface area contributed by atoms with Gasteiger partial charge in [-0.1, -0.05) is 11.6 Å². The zero-order chi connectivity index (χ0) is 13.8. The predicted molar refractivity (Wildman–Crippen MR) is 74.7 cm³/mol. The van der Waals surface area contributed by atoms with E-state index in [1.165, 1.54) is 0 Å². The molecule has 0 bridgehead atoms. The molecule has 0 atom stereocenters. The van der Waals surface area contributed by atoms with Gasteiger partial charge in [-0.3, -0.25) is 0 Å². The quantitative estimate of drug-likeness (QED) is 0.844. The Bertz CT molecular complexity index is 628. The zero-order valence-corrected chi connectivity index (χ0v) is 11.7. The van der Waals surface area contributed by atoms with Crippen LogP contribution in [0.2, 0.25) is 5.15 Å². The summed E-state index contributed by atoms with van der Waals surface area (Å²) >= 11 is 6.26. The molecular weight excluding hydrogens is 264 g/mol. The molecule has 0 aliphatic heterocycles. The molecule has 0 fully saturated rings. The molecule has 2 aromatic rings. The Balaban J connectivity index is 2.58. The second-order valence-corrected chi connectivity index (χ2v) is 4.39. The van der Waals surface area contributed by atoms with Crippen LogP contribution in [0.15, 0.2) is 18.2 Å². The highest BCUT2D eigenvalue weighted by atomic mass is 35.5. The van der Waals surface area contributed by atoms with Crippen LogP contribution in [-0.4, -0.2) is 24.9 Å². The number of methoxy groups -OCH3 is 1. The first-order chi connectivity index (χ1) is 9.22. The zero-order valence-electron chi connectivity index (χ0n) is 10.9. The van der Waals surface area contributed by atoms with Crippen molar-refractivity contribution in [2.24, 2.45) is 0 Å². The van der Waals surface area contributed by atoms with E-state index in [4.69, 9.17) is 21.1 Å². The van der Waals surface area contributed by atoms with E-state index in [0.717, 1.165) is 16.7 Å². The second kappa shape index (κ2) is 5.96. The summed E-state index contributed by atoms with van der Waals surface area (Å²) in [6, 6.07) is 7.81. The van der Waals surface area contributed by atoms with Crippen LogP contribution >= 0.6 is 11.6 Å². The molecule has 0 spiro atoms. The fourth-order valence-corrected chi connectivity index (χ4v) is 2.39. The van der Waals surface area contributed by atoms with E-state index in [1.807, 2.05) is 29.7 Å². The van der Waals surface area contributed by atoms with Gasteiger partial charge in [0.2, 0.25) is 0 Å². The van der Waals surface area contributed by atoms with Crippen LogP contribution in [0.3, 0.4) is 0 Å². The topological polar surface area (TPSA) is 47.2 Å². The third-order valence-corrected chi connectivity index (χ3v) is 3.31. The average Bonchev–Trinajstić information content (AvgIpc) is 2.68. The minimum atomic E-state index is 0.447. The summed E-state index contributed by atoms with van der Waals surface area (Å²) in [5.41, 5.74) is 1.40. The Labute approximate surface area is 117 Å². The van der Waals surface area contributed by atoms with Gasteiger partial charge in [0, 0.05) is 19.0 Å². The van der Waals surface area contributed by atoms with E-state index in [0.29, 0.717) is 30.5 Å². The lowest BCUT2D eigenvalue weighted by molar-refractivity contribution is 0.188. The van der Waals surface area contributed by atoms with Crippen molar-refractivity contribution in [2.45, 2.75) is 13.5 Å². The number of nitrogens with zero attached hydrogens (tertiary/aromatic N) is 2. The highest BCUT2D eigenvalue weighted by molar-refractivity contribution is 6.32. The van der Waals surface area contributed by atoms with E-state index < -0.39 is 0 Å². The molecule has 2 rings (SSSR count). The fourth-order valence-electron chi connectivity index (χ4n) is 2.07. The van der Waals surface area contributed by atoms with Crippen molar-refractivity contribution in [3.05, 3.63) is 28.9 Å². The maximum Gasteiger partial charge on any atom is 0.128 e. The number of fused-ring (bicyclic) bond motifs is 1. The summed E-state index contributed by atoms with van der Waals surface area (Å²) in [6.07, 6.45) is 0. The SMILES string of the molecule is CCOc1ccc2c(c1)c(C#N)c(Cl)n2CCOC. The normalized spacial score (nSPS) is 10.6. The van der Waals surface area contributed by atoms with Crippen LogP contribution in [0.25, 0.3) is 10.9 Å². The molecule has 4 nitrogen and oxygen atoms in total. The van der Waals surface area contributed by atoms with E-state index in [1.54, 1.807) is 7.11 Å². The molecule has 1 aromatic heterocycles. The van der Waals surface area contributed by atoms with Gasteiger partial charge in [-0.05, 0) is 25.1 Å². The van der Waals surface area contributed by atoms with Crippen LogP contribution in [0.1, 0.15) is 12.5 Å². The van der Waals surface area contributed by atoms with Crippen LogP contribution < -0.4 is 4.74 Å². The first-order valence-corrected chi connectivity index (χ1v) is 6.44. The van der Waals surface area contributed by atoms with Crippen molar-refractivity contribution in [1.29, 1.82) is 5.26 Å². The minimum absolute atomic E-state index is 0.447. The smallest absolute Gasteiger partial charge is 0.128 e. The van der Waals surface area contributed by atoms with Crippen molar-refractivity contribution >= 4 is 22.5 Å². The van der Waals surface area contributed by atoms with Crippen LogP contribution in [0, 0.1) is 11.3 Å². The van der Waals surface area contributed by atoms with Crippen molar-refractivity contribution in [2.75, 3.05) is 20.3 Å². The molecule has 0 unspecified atom stereocenters. The largest absolute Gasteiger partial charge is 0.494 e. The maximum absolute atomic E-state index is 9.26. The van der Waals surface area contributed by atoms with E-state index in [2.05, 4.69) is 6.07 Å². The van der Waals surface area contributed by atoms with Gasteiger partial charge in [0.05, 0.1) is 24.3 Å². The molecule has 0 saturated heterocycles. The maximum atomic E-state index is 9.26. The second-order valence-electron chi connectivity index (χ2n) is 4.03. The van der Waals surface area contributed by atoms with Gasteiger partial charge in [-0.2, -0.15) is 5.26 Å². The Morgan fingerprint density at radius 1 is 1.42 bits per heavy atom. The molecule has 0 aliphatic carbocycles.